The Balaban J connectivity index is 1.20. The maximum atomic E-state index is 12.6. The van der Waals surface area contributed by atoms with Gasteiger partial charge in [-0.1, -0.05) is 54.1 Å². The first-order valence-electron chi connectivity index (χ1n) is 10.1. The highest BCUT2D eigenvalue weighted by atomic mass is 35.5. The van der Waals surface area contributed by atoms with E-state index >= 15 is 0 Å². The number of aromatic nitrogens is 8. The SMILES string of the molecule is O=C(Nc1cnn(Cc2ccc(Cl)cc2)c1)c1ccn(Cn2nnc(-c3ccccc3)n2)n1. The van der Waals surface area contributed by atoms with Crippen LogP contribution in [0.4, 0.5) is 5.69 Å². The van der Waals surface area contributed by atoms with Gasteiger partial charge in [0.25, 0.3) is 5.91 Å². The number of tetrazole rings is 1. The Hall–Kier alpha value is -4.31. The number of nitrogens with one attached hydrogen (secondary N) is 1. The first-order valence-corrected chi connectivity index (χ1v) is 10.5. The summed E-state index contributed by atoms with van der Waals surface area (Å²) < 4.78 is 3.30. The van der Waals surface area contributed by atoms with E-state index in [9.17, 15) is 4.79 Å². The number of carbonyl (C=O) groups excluding carboxylic acids is 1. The molecular weight excluding hydrogens is 442 g/mol. The second kappa shape index (κ2) is 9.05. The normalized spacial score (nSPS) is 10.9. The lowest BCUT2D eigenvalue weighted by molar-refractivity contribution is 0.102. The quantitative estimate of drug-likeness (QED) is 0.400. The zero-order valence-corrected chi connectivity index (χ0v) is 18.0. The molecule has 2 aromatic carbocycles. The van der Waals surface area contributed by atoms with Gasteiger partial charge in [0.2, 0.25) is 5.82 Å². The Morgan fingerprint density at radius 1 is 0.970 bits per heavy atom. The third-order valence-electron chi connectivity index (χ3n) is 4.78. The van der Waals surface area contributed by atoms with E-state index in [-0.39, 0.29) is 18.3 Å². The highest BCUT2D eigenvalue weighted by Crippen LogP contribution is 2.13. The molecule has 0 aliphatic carbocycles. The van der Waals surface area contributed by atoms with Crippen molar-refractivity contribution in [2.75, 3.05) is 5.32 Å². The summed E-state index contributed by atoms with van der Waals surface area (Å²) in [6.07, 6.45) is 5.04. The molecule has 3 aromatic heterocycles. The lowest BCUT2D eigenvalue weighted by atomic mass is 10.2. The number of hydrogen-bond donors (Lipinski definition) is 1. The molecule has 5 aromatic rings. The van der Waals surface area contributed by atoms with Crippen LogP contribution in [-0.2, 0) is 13.2 Å². The molecule has 11 heteroatoms. The van der Waals surface area contributed by atoms with E-state index in [1.54, 1.807) is 34.0 Å². The van der Waals surface area contributed by atoms with E-state index in [0.29, 0.717) is 23.1 Å². The van der Waals surface area contributed by atoms with E-state index in [1.807, 2.05) is 54.6 Å². The van der Waals surface area contributed by atoms with Crippen molar-refractivity contribution in [1.82, 2.24) is 39.8 Å². The van der Waals surface area contributed by atoms with Crippen molar-refractivity contribution in [3.05, 3.63) is 95.5 Å². The van der Waals surface area contributed by atoms with Crippen LogP contribution in [0.5, 0.6) is 0 Å². The van der Waals surface area contributed by atoms with Gasteiger partial charge in [-0.25, -0.2) is 4.68 Å². The molecule has 164 valence electrons. The van der Waals surface area contributed by atoms with E-state index in [4.69, 9.17) is 11.6 Å². The fourth-order valence-corrected chi connectivity index (χ4v) is 3.31. The second-order valence-corrected chi connectivity index (χ2v) is 7.68. The monoisotopic (exact) mass is 459 g/mol. The third kappa shape index (κ3) is 4.96. The molecule has 5 rings (SSSR count). The van der Waals surface area contributed by atoms with Crippen LogP contribution >= 0.6 is 11.6 Å². The fourth-order valence-electron chi connectivity index (χ4n) is 3.18. The van der Waals surface area contributed by atoms with Gasteiger partial charge in [-0.05, 0) is 29.0 Å². The topological polar surface area (TPSA) is 108 Å². The number of nitrogens with zero attached hydrogens (tertiary/aromatic N) is 8. The predicted molar refractivity (Wildman–Crippen MR) is 122 cm³/mol. The highest BCUT2D eigenvalue weighted by Gasteiger charge is 2.12. The molecule has 0 bridgehead atoms. The van der Waals surface area contributed by atoms with Crippen LogP contribution in [0.2, 0.25) is 5.02 Å². The second-order valence-electron chi connectivity index (χ2n) is 7.24. The summed E-state index contributed by atoms with van der Waals surface area (Å²) in [6, 6.07) is 18.7. The standard InChI is InChI=1S/C22H18ClN9O/c23-18-8-6-16(7-9-18)13-31-14-19(12-24-31)25-22(33)20-10-11-30(27-20)15-32-28-21(26-29-32)17-4-2-1-3-5-17/h1-12,14H,13,15H2,(H,25,33). The van der Waals surface area contributed by atoms with Gasteiger partial charge < -0.3 is 5.32 Å². The van der Waals surface area contributed by atoms with Gasteiger partial charge in [-0.15, -0.1) is 15.0 Å². The Kier molecular flexibility index (Phi) is 5.64. The maximum Gasteiger partial charge on any atom is 0.276 e. The van der Waals surface area contributed by atoms with Crippen LogP contribution in [0.15, 0.2) is 79.3 Å². The molecule has 0 saturated heterocycles. The summed E-state index contributed by atoms with van der Waals surface area (Å²) in [5.41, 5.74) is 2.77. The van der Waals surface area contributed by atoms with Crippen molar-refractivity contribution >= 4 is 23.2 Å². The highest BCUT2D eigenvalue weighted by molar-refractivity contribution is 6.30. The summed E-state index contributed by atoms with van der Waals surface area (Å²) in [5.74, 6) is 0.188. The summed E-state index contributed by atoms with van der Waals surface area (Å²) in [5, 5.41) is 24.5. The van der Waals surface area contributed by atoms with Gasteiger partial charge in [-0.3, -0.25) is 9.48 Å². The third-order valence-corrected chi connectivity index (χ3v) is 5.03. The van der Waals surface area contributed by atoms with E-state index in [1.165, 1.54) is 4.80 Å². The Morgan fingerprint density at radius 2 is 1.79 bits per heavy atom. The molecule has 10 nitrogen and oxygen atoms in total. The summed E-state index contributed by atoms with van der Waals surface area (Å²) in [6.45, 7) is 0.795. The van der Waals surface area contributed by atoms with Gasteiger partial charge in [0.1, 0.15) is 0 Å². The molecular formula is C22H18ClN9O. The lowest BCUT2D eigenvalue weighted by Crippen LogP contribution is -2.15. The van der Waals surface area contributed by atoms with Crippen molar-refractivity contribution in [2.24, 2.45) is 0 Å². The van der Waals surface area contributed by atoms with Crippen LogP contribution in [0, 0.1) is 0 Å². The first kappa shape index (κ1) is 20.6. The fraction of sp³-hybridized carbons (Fsp3) is 0.0909. The van der Waals surface area contributed by atoms with Crippen LogP contribution in [0.25, 0.3) is 11.4 Å². The summed E-state index contributed by atoms with van der Waals surface area (Å²) in [7, 11) is 0. The number of hydrogen-bond acceptors (Lipinski definition) is 6. The minimum Gasteiger partial charge on any atom is -0.318 e. The van der Waals surface area contributed by atoms with Crippen molar-refractivity contribution in [1.29, 1.82) is 0 Å². The Morgan fingerprint density at radius 3 is 2.61 bits per heavy atom. The van der Waals surface area contributed by atoms with Gasteiger partial charge in [0.05, 0.1) is 18.4 Å². The Bertz CT molecular complexity index is 1370. The van der Waals surface area contributed by atoms with Crippen LogP contribution in [0.1, 0.15) is 16.1 Å². The number of halogens is 1. The van der Waals surface area contributed by atoms with Gasteiger partial charge in [0.15, 0.2) is 12.4 Å². The number of rotatable bonds is 7. The minimum absolute atomic E-state index is 0.228. The van der Waals surface area contributed by atoms with Crippen LogP contribution in [-0.4, -0.2) is 45.7 Å². The predicted octanol–water partition coefficient (Wildman–Crippen LogP) is 3.19. The summed E-state index contributed by atoms with van der Waals surface area (Å²) >= 11 is 5.92. The molecule has 0 aliphatic rings. The molecule has 0 spiro atoms. The first-order chi connectivity index (χ1) is 16.1. The zero-order chi connectivity index (χ0) is 22.6. The number of amides is 1. The molecule has 0 saturated carbocycles. The van der Waals surface area contributed by atoms with Gasteiger partial charge in [-0.2, -0.15) is 10.2 Å². The molecule has 33 heavy (non-hydrogen) atoms. The van der Waals surface area contributed by atoms with Crippen molar-refractivity contribution in [3.63, 3.8) is 0 Å². The molecule has 0 radical (unpaired) electrons. The van der Waals surface area contributed by atoms with Crippen molar-refractivity contribution in [3.8, 4) is 11.4 Å². The van der Waals surface area contributed by atoms with Crippen LogP contribution < -0.4 is 5.32 Å². The molecule has 0 fully saturated rings. The number of anilines is 1. The molecule has 1 N–H and O–H groups in total. The zero-order valence-electron chi connectivity index (χ0n) is 17.3. The number of carbonyl (C=O) groups is 1. The van der Waals surface area contributed by atoms with Crippen molar-refractivity contribution < 1.29 is 4.79 Å². The van der Waals surface area contributed by atoms with Gasteiger partial charge >= 0.3 is 0 Å². The number of benzene rings is 2. The van der Waals surface area contributed by atoms with E-state index < -0.39 is 0 Å². The maximum absolute atomic E-state index is 12.6. The van der Waals surface area contributed by atoms with E-state index in [2.05, 4.69) is 30.9 Å². The average molecular weight is 460 g/mol. The lowest BCUT2D eigenvalue weighted by Gasteiger charge is -2.02. The summed E-state index contributed by atoms with van der Waals surface area (Å²) in [4.78, 5) is 14.0. The van der Waals surface area contributed by atoms with Gasteiger partial charge in [0, 0.05) is 23.0 Å². The van der Waals surface area contributed by atoms with Crippen LogP contribution in [0.3, 0.4) is 0 Å². The Labute approximate surface area is 193 Å². The molecule has 0 atom stereocenters. The van der Waals surface area contributed by atoms with E-state index in [0.717, 1.165) is 11.1 Å². The minimum atomic E-state index is -0.337. The molecule has 3 heterocycles. The largest absolute Gasteiger partial charge is 0.318 e. The van der Waals surface area contributed by atoms with Crippen molar-refractivity contribution in [2.45, 2.75) is 13.2 Å². The smallest absolute Gasteiger partial charge is 0.276 e. The molecule has 0 unspecified atom stereocenters. The molecule has 1 amide bonds. The molecule has 0 aliphatic heterocycles. The average Bonchev–Trinajstić information content (AvgIpc) is 3.58.